The van der Waals surface area contributed by atoms with Crippen LogP contribution in [0.1, 0.15) is 15.9 Å². The summed E-state index contributed by atoms with van der Waals surface area (Å²) >= 11 is 0. The molecule has 2 N–H and O–H groups in total. The van der Waals surface area contributed by atoms with E-state index < -0.39 is 16.9 Å². The van der Waals surface area contributed by atoms with Gasteiger partial charge in [0, 0.05) is 50.4 Å². The predicted octanol–water partition coefficient (Wildman–Crippen LogP) is 1.85. The van der Waals surface area contributed by atoms with Crippen molar-refractivity contribution >= 4 is 23.5 Å². The molecule has 1 aliphatic rings. The lowest BCUT2D eigenvalue weighted by Gasteiger charge is -2.34. The second-order valence-corrected chi connectivity index (χ2v) is 6.61. The van der Waals surface area contributed by atoms with E-state index in [4.69, 9.17) is 19.8 Å². The minimum atomic E-state index is -1.82. The molecule has 1 saturated heterocycles. The Morgan fingerprint density at radius 1 is 0.903 bits per heavy atom. The summed E-state index contributed by atoms with van der Waals surface area (Å²) in [4.78, 5) is 44.8. The smallest absolute Gasteiger partial charge is 0.414 e. The molecule has 1 heterocycles. The van der Waals surface area contributed by atoms with Crippen molar-refractivity contribution in [3.05, 3.63) is 75.6 Å². The number of nitrogens with zero attached hydrogens (tertiary/aromatic N) is 3. The standard InChI is InChI=1S/C18H18FN3O3.C2H2O4/c19-16-5-1-14(2-6-16)13-20-9-11-21(12-10-20)18(23)15-3-7-17(8-4-15)22(24)25;3-1(4)2(5)6/h1-8H,9-13H2;(H,3,4)(H,5,6). The molecule has 1 fully saturated rings. The first-order valence-corrected chi connectivity index (χ1v) is 9.14. The molecule has 164 valence electrons. The highest BCUT2D eigenvalue weighted by atomic mass is 19.1. The van der Waals surface area contributed by atoms with Crippen molar-refractivity contribution in [3.8, 4) is 0 Å². The number of non-ortho nitro benzene ring substituents is 1. The predicted molar refractivity (Wildman–Crippen MR) is 106 cm³/mol. The second-order valence-electron chi connectivity index (χ2n) is 6.61. The van der Waals surface area contributed by atoms with Gasteiger partial charge in [-0.3, -0.25) is 19.8 Å². The van der Waals surface area contributed by atoms with Gasteiger partial charge in [-0.25, -0.2) is 14.0 Å². The SMILES string of the molecule is O=C(O)C(=O)O.O=C(c1ccc([N+](=O)[O-])cc1)N1CCN(Cc2ccc(F)cc2)CC1. The maximum atomic E-state index is 12.9. The summed E-state index contributed by atoms with van der Waals surface area (Å²) in [6, 6.07) is 12.1. The van der Waals surface area contributed by atoms with Crippen molar-refractivity contribution in [1.29, 1.82) is 0 Å². The van der Waals surface area contributed by atoms with Crippen molar-refractivity contribution in [2.45, 2.75) is 6.54 Å². The van der Waals surface area contributed by atoms with Gasteiger partial charge in [-0.1, -0.05) is 12.1 Å². The molecule has 2 aromatic carbocycles. The van der Waals surface area contributed by atoms with Crippen LogP contribution >= 0.6 is 0 Å². The van der Waals surface area contributed by atoms with Gasteiger partial charge in [0.1, 0.15) is 5.82 Å². The first-order valence-electron chi connectivity index (χ1n) is 9.14. The molecule has 0 unspecified atom stereocenters. The van der Waals surface area contributed by atoms with Gasteiger partial charge in [-0.05, 0) is 29.8 Å². The summed E-state index contributed by atoms with van der Waals surface area (Å²) in [5.74, 6) is -4.01. The van der Waals surface area contributed by atoms with E-state index in [1.165, 1.54) is 36.4 Å². The van der Waals surface area contributed by atoms with Crippen LogP contribution in [0.15, 0.2) is 48.5 Å². The maximum absolute atomic E-state index is 12.9. The Hall–Kier alpha value is -3.86. The van der Waals surface area contributed by atoms with Crippen LogP contribution in [-0.4, -0.2) is 69.0 Å². The third kappa shape index (κ3) is 7.16. The molecule has 0 radical (unpaired) electrons. The number of aliphatic carboxylic acids is 2. The Bertz CT molecular complexity index is 928. The zero-order chi connectivity index (χ0) is 23.0. The van der Waals surface area contributed by atoms with Gasteiger partial charge >= 0.3 is 11.9 Å². The average molecular weight is 433 g/mol. The number of carbonyl (C=O) groups excluding carboxylic acids is 1. The summed E-state index contributed by atoms with van der Waals surface area (Å²) in [6.45, 7) is 3.38. The van der Waals surface area contributed by atoms with Gasteiger partial charge in [0.15, 0.2) is 0 Å². The molecule has 11 heteroatoms. The Kier molecular flexibility index (Phi) is 8.15. The van der Waals surface area contributed by atoms with Crippen LogP contribution in [0.2, 0.25) is 0 Å². The van der Waals surface area contributed by atoms with Crippen LogP contribution in [0.5, 0.6) is 0 Å². The molecule has 0 bridgehead atoms. The fourth-order valence-corrected chi connectivity index (χ4v) is 2.87. The summed E-state index contributed by atoms with van der Waals surface area (Å²) < 4.78 is 12.9. The minimum Gasteiger partial charge on any atom is -0.473 e. The van der Waals surface area contributed by atoms with Crippen LogP contribution in [0, 0.1) is 15.9 Å². The Morgan fingerprint density at radius 3 is 1.87 bits per heavy atom. The fourth-order valence-electron chi connectivity index (χ4n) is 2.87. The third-order valence-corrected chi connectivity index (χ3v) is 4.49. The average Bonchev–Trinajstić information content (AvgIpc) is 2.76. The van der Waals surface area contributed by atoms with Gasteiger partial charge in [-0.15, -0.1) is 0 Å². The number of amides is 1. The molecule has 0 saturated carbocycles. The number of piperazine rings is 1. The first-order chi connectivity index (χ1) is 14.7. The lowest BCUT2D eigenvalue weighted by molar-refractivity contribution is -0.384. The lowest BCUT2D eigenvalue weighted by Crippen LogP contribution is -2.48. The number of carbonyl (C=O) groups is 3. The van der Waals surface area contributed by atoms with Gasteiger partial charge in [0.2, 0.25) is 0 Å². The molecule has 31 heavy (non-hydrogen) atoms. The van der Waals surface area contributed by atoms with Gasteiger partial charge in [-0.2, -0.15) is 0 Å². The van der Waals surface area contributed by atoms with E-state index in [-0.39, 0.29) is 17.4 Å². The number of carboxylic acid groups (broad SMARTS) is 2. The zero-order valence-corrected chi connectivity index (χ0v) is 16.3. The molecule has 3 rings (SSSR count). The Morgan fingerprint density at radius 2 is 1.42 bits per heavy atom. The van der Waals surface area contributed by atoms with E-state index >= 15 is 0 Å². The molecule has 0 atom stereocenters. The fraction of sp³-hybridized carbons (Fsp3) is 0.250. The highest BCUT2D eigenvalue weighted by Gasteiger charge is 2.22. The first kappa shape index (κ1) is 23.4. The highest BCUT2D eigenvalue weighted by molar-refractivity contribution is 6.27. The van der Waals surface area contributed by atoms with Crippen molar-refractivity contribution in [3.63, 3.8) is 0 Å². The Labute approximate surface area is 176 Å². The zero-order valence-electron chi connectivity index (χ0n) is 16.3. The largest absolute Gasteiger partial charge is 0.473 e. The van der Waals surface area contributed by atoms with Crippen molar-refractivity contribution in [1.82, 2.24) is 9.80 Å². The van der Waals surface area contributed by atoms with Gasteiger partial charge in [0.05, 0.1) is 4.92 Å². The summed E-state index contributed by atoms with van der Waals surface area (Å²) in [7, 11) is 0. The summed E-state index contributed by atoms with van der Waals surface area (Å²) in [5, 5.41) is 25.5. The van der Waals surface area contributed by atoms with E-state index in [2.05, 4.69) is 4.90 Å². The quantitative estimate of drug-likeness (QED) is 0.423. The molecule has 1 aliphatic heterocycles. The normalized spacial score (nSPS) is 13.6. The molecule has 0 aliphatic carbocycles. The molecule has 0 aromatic heterocycles. The van der Waals surface area contributed by atoms with Crippen LogP contribution < -0.4 is 0 Å². The third-order valence-electron chi connectivity index (χ3n) is 4.49. The van der Waals surface area contributed by atoms with Crippen LogP contribution in [0.3, 0.4) is 0 Å². The number of hydrogen-bond acceptors (Lipinski definition) is 6. The van der Waals surface area contributed by atoms with Gasteiger partial charge in [0.25, 0.3) is 11.6 Å². The molecule has 2 aromatic rings. The van der Waals surface area contributed by atoms with E-state index in [1.54, 1.807) is 17.0 Å². The number of carboxylic acids is 2. The van der Waals surface area contributed by atoms with Gasteiger partial charge < -0.3 is 15.1 Å². The Balaban J connectivity index is 0.000000501. The van der Waals surface area contributed by atoms with Crippen molar-refractivity contribution < 1.29 is 33.9 Å². The number of benzene rings is 2. The maximum Gasteiger partial charge on any atom is 0.414 e. The topological polar surface area (TPSA) is 141 Å². The lowest BCUT2D eigenvalue weighted by atomic mass is 10.1. The van der Waals surface area contributed by atoms with Crippen molar-refractivity contribution in [2.75, 3.05) is 26.2 Å². The summed E-state index contributed by atoms with van der Waals surface area (Å²) in [6.07, 6.45) is 0. The molecule has 1 amide bonds. The van der Waals surface area contributed by atoms with E-state index in [1.807, 2.05) is 0 Å². The minimum absolute atomic E-state index is 0.0272. The number of nitro benzene ring substituents is 1. The molecule has 0 spiro atoms. The van der Waals surface area contributed by atoms with Crippen LogP contribution in [0.25, 0.3) is 0 Å². The molecular formula is C20H20FN3O7. The monoisotopic (exact) mass is 433 g/mol. The van der Waals surface area contributed by atoms with Crippen LogP contribution in [0.4, 0.5) is 10.1 Å². The molecule has 10 nitrogen and oxygen atoms in total. The van der Waals surface area contributed by atoms with Crippen molar-refractivity contribution in [2.24, 2.45) is 0 Å². The number of hydrogen-bond donors (Lipinski definition) is 2. The van der Waals surface area contributed by atoms with Crippen LogP contribution in [-0.2, 0) is 16.1 Å². The number of halogens is 1. The van der Waals surface area contributed by atoms with E-state index in [9.17, 15) is 19.3 Å². The van der Waals surface area contributed by atoms with E-state index in [0.29, 0.717) is 18.7 Å². The molecular weight excluding hydrogens is 413 g/mol. The second kappa shape index (κ2) is 10.8. The van der Waals surface area contributed by atoms with E-state index in [0.717, 1.165) is 25.2 Å². The number of nitro groups is 1. The number of rotatable bonds is 4. The highest BCUT2D eigenvalue weighted by Crippen LogP contribution is 2.15. The summed E-state index contributed by atoms with van der Waals surface area (Å²) in [5.41, 5.74) is 1.47.